The fourth-order valence-corrected chi connectivity index (χ4v) is 1.59. The Hall–Kier alpha value is -0.810. The van der Waals surface area contributed by atoms with Gasteiger partial charge in [-0.3, -0.25) is 0 Å². The second kappa shape index (κ2) is 6.63. The fraction of sp³-hybridized carbons (Fsp3) is 0.900. The van der Waals surface area contributed by atoms with Crippen LogP contribution in [0.15, 0.2) is 0 Å². The number of ether oxygens (including phenoxy) is 1. The quantitative estimate of drug-likeness (QED) is 0.659. The number of carbonyl (C=O) groups is 1. The second-order valence-electron chi connectivity index (χ2n) is 3.86. The first-order valence-corrected chi connectivity index (χ1v) is 5.58. The van der Waals surface area contributed by atoms with Crippen LogP contribution in [-0.4, -0.2) is 49.8 Å². The van der Waals surface area contributed by atoms with Gasteiger partial charge in [-0.25, -0.2) is 4.79 Å². The van der Waals surface area contributed by atoms with Gasteiger partial charge in [0, 0.05) is 26.2 Å². The first-order chi connectivity index (χ1) is 7.24. The van der Waals surface area contributed by atoms with Crippen molar-refractivity contribution in [1.82, 2.24) is 10.2 Å². The van der Waals surface area contributed by atoms with E-state index in [-0.39, 0.29) is 12.1 Å². The van der Waals surface area contributed by atoms with Crippen LogP contribution in [0, 0.1) is 0 Å². The molecule has 0 aromatic rings. The Labute approximate surface area is 90.9 Å². The normalized spacial score (nSPS) is 22.3. The summed E-state index contributed by atoms with van der Waals surface area (Å²) in [6, 6.07) is 0.000741. The summed E-state index contributed by atoms with van der Waals surface area (Å²) < 4.78 is 5.47. The first kappa shape index (κ1) is 12.3. The van der Waals surface area contributed by atoms with Crippen LogP contribution in [0.2, 0.25) is 0 Å². The van der Waals surface area contributed by atoms with Crippen LogP contribution in [0.3, 0.4) is 0 Å². The minimum Gasteiger partial charge on any atom is -0.377 e. The lowest BCUT2D eigenvalue weighted by Crippen LogP contribution is -2.43. The minimum absolute atomic E-state index is 0.000741. The smallest absolute Gasteiger partial charge is 0.317 e. The molecule has 88 valence electrons. The zero-order valence-electron chi connectivity index (χ0n) is 9.37. The zero-order chi connectivity index (χ0) is 11.1. The second-order valence-corrected chi connectivity index (χ2v) is 3.86. The van der Waals surface area contributed by atoms with Gasteiger partial charge in [0.2, 0.25) is 0 Å². The summed E-state index contributed by atoms with van der Waals surface area (Å²) in [5.41, 5.74) is 5.36. The maximum Gasteiger partial charge on any atom is 0.317 e. The van der Waals surface area contributed by atoms with Crippen molar-refractivity contribution in [2.24, 2.45) is 5.73 Å². The van der Waals surface area contributed by atoms with Crippen molar-refractivity contribution in [3.63, 3.8) is 0 Å². The molecule has 5 heteroatoms. The van der Waals surface area contributed by atoms with Gasteiger partial charge in [-0.05, 0) is 26.3 Å². The third-order valence-corrected chi connectivity index (χ3v) is 2.40. The topological polar surface area (TPSA) is 67.6 Å². The summed E-state index contributed by atoms with van der Waals surface area (Å²) in [6.07, 6.45) is 1.87. The number of nitrogens with zero attached hydrogens (tertiary/aromatic N) is 1. The highest BCUT2D eigenvalue weighted by atomic mass is 16.5. The zero-order valence-corrected chi connectivity index (χ0v) is 9.37. The van der Waals surface area contributed by atoms with Gasteiger partial charge < -0.3 is 20.7 Å². The molecule has 1 aliphatic heterocycles. The molecule has 0 saturated carbocycles. The molecule has 0 bridgehead atoms. The van der Waals surface area contributed by atoms with Crippen LogP contribution in [0.4, 0.5) is 4.79 Å². The Morgan fingerprint density at radius 1 is 1.67 bits per heavy atom. The van der Waals surface area contributed by atoms with E-state index in [0.717, 1.165) is 26.0 Å². The Bertz CT molecular complexity index is 199. The Kier molecular flexibility index (Phi) is 5.42. The van der Waals surface area contributed by atoms with E-state index in [1.54, 1.807) is 0 Å². The maximum atomic E-state index is 11.7. The molecule has 1 saturated heterocycles. The number of hydrogen-bond donors (Lipinski definition) is 2. The highest BCUT2D eigenvalue weighted by Crippen LogP contribution is 2.05. The molecule has 0 spiro atoms. The van der Waals surface area contributed by atoms with Crippen molar-refractivity contribution in [2.45, 2.75) is 25.9 Å². The number of nitrogens with one attached hydrogen (secondary N) is 1. The number of urea groups is 1. The molecule has 0 aromatic heterocycles. The van der Waals surface area contributed by atoms with Crippen LogP contribution in [0.1, 0.15) is 19.8 Å². The summed E-state index contributed by atoms with van der Waals surface area (Å²) in [5.74, 6) is 0. The molecule has 15 heavy (non-hydrogen) atoms. The van der Waals surface area contributed by atoms with Gasteiger partial charge in [0.05, 0.1) is 6.10 Å². The maximum absolute atomic E-state index is 11.7. The van der Waals surface area contributed by atoms with Crippen LogP contribution in [0.25, 0.3) is 0 Å². The number of rotatable bonds is 3. The Morgan fingerprint density at radius 2 is 2.47 bits per heavy atom. The molecular formula is C10H21N3O2. The van der Waals surface area contributed by atoms with Gasteiger partial charge in [-0.2, -0.15) is 0 Å². The van der Waals surface area contributed by atoms with Crippen molar-refractivity contribution in [2.75, 3.05) is 32.8 Å². The molecule has 2 amide bonds. The number of nitrogens with two attached hydrogens (primary N) is 1. The number of amides is 2. The van der Waals surface area contributed by atoms with E-state index in [4.69, 9.17) is 10.5 Å². The Morgan fingerprint density at radius 3 is 3.20 bits per heavy atom. The van der Waals surface area contributed by atoms with Crippen LogP contribution in [0.5, 0.6) is 0 Å². The minimum atomic E-state index is 0.000741. The third-order valence-electron chi connectivity index (χ3n) is 2.40. The van der Waals surface area contributed by atoms with E-state index in [1.807, 2.05) is 11.8 Å². The van der Waals surface area contributed by atoms with E-state index in [1.165, 1.54) is 0 Å². The summed E-state index contributed by atoms with van der Waals surface area (Å²) in [5, 5.41) is 2.85. The van der Waals surface area contributed by atoms with E-state index >= 15 is 0 Å². The molecule has 1 unspecified atom stereocenters. The highest BCUT2D eigenvalue weighted by molar-refractivity contribution is 5.74. The van der Waals surface area contributed by atoms with Gasteiger partial charge in [0.25, 0.3) is 0 Å². The van der Waals surface area contributed by atoms with E-state index in [9.17, 15) is 4.79 Å². The van der Waals surface area contributed by atoms with Gasteiger partial charge >= 0.3 is 6.03 Å². The molecule has 1 rings (SSSR count). The van der Waals surface area contributed by atoms with Gasteiger partial charge in [0.1, 0.15) is 0 Å². The predicted octanol–water partition coefficient (Wildman–Crippen LogP) is 0.156. The lowest BCUT2D eigenvalue weighted by Gasteiger charge is -2.22. The molecule has 5 nitrogen and oxygen atoms in total. The molecule has 1 atom stereocenters. The van der Waals surface area contributed by atoms with E-state index < -0.39 is 0 Å². The molecule has 1 heterocycles. The molecule has 1 fully saturated rings. The first-order valence-electron chi connectivity index (χ1n) is 5.58. The standard InChI is InChI=1S/C10H21N3O2/c1-9-8-13(6-3-7-15-9)10(14)12-5-2-4-11/h9H,2-8,11H2,1H3,(H,12,14). The van der Waals surface area contributed by atoms with Crippen molar-refractivity contribution < 1.29 is 9.53 Å². The Balaban J connectivity index is 2.29. The van der Waals surface area contributed by atoms with E-state index in [2.05, 4.69) is 5.32 Å². The molecule has 0 aromatic carbocycles. The number of hydrogen-bond acceptors (Lipinski definition) is 3. The van der Waals surface area contributed by atoms with Crippen molar-refractivity contribution in [1.29, 1.82) is 0 Å². The highest BCUT2D eigenvalue weighted by Gasteiger charge is 2.18. The summed E-state index contributed by atoms with van der Waals surface area (Å²) in [6.45, 7) is 5.45. The summed E-state index contributed by atoms with van der Waals surface area (Å²) in [4.78, 5) is 13.5. The van der Waals surface area contributed by atoms with Gasteiger partial charge in [-0.15, -0.1) is 0 Å². The third kappa shape index (κ3) is 4.48. The van der Waals surface area contributed by atoms with Crippen molar-refractivity contribution >= 4 is 6.03 Å². The predicted molar refractivity (Wildman–Crippen MR) is 58.7 cm³/mol. The van der Waals surface area contributed by atoms with Crippen LogP contribution < -0.4 is 11.1 Å². The molecule has 1 aliphatic rings. The average Bonchev–Trinajstić information content (AvgIpc) is 2.43. The summed E-state index contributed by atoms with van der Waals surface area (Å²) >= 11 is 0. The molecular weight excluding hydrogens is 194 g/mol. The van der Waals surface area contributed by atoms with E-state index in [0.29, 0.717) is 19.6 Å². The average molecular weight is 215 g/mol. The monoisotopic (exact) mass is 215 g/mol. The van der Waals surface area contributed by atoms with Gasteiger partial charge in [0.15, 0.2) is 0 Å². The molecule has 3 N–H and O–H groups in total. The lowest BCUT2D eigenvalue weighted by molar-refractivity contribution is 0.0710. The van der Waals surface area contributed by atoms with Crippen LogP contribution >= 0.6 is 0 Å². The largest absolute Gasteiger partial charge is 0.377 e. The number of carbonyl (C=O) groups excluding carboxylic acids is 1. The lowest BCUT2D eigenvalue weighted by atomic mass is 10.3. The van der Waals surface area contributed by atoms with Crippen molar-refractivity contribution in [3.05, 3.63) is 0 Å². The SMILES string of the molecule is CC1CN(C(=O)NCCCN)CCCO1. The summed E-state index contributed by atoms with van der Waals surface area (Å²) in [7, 11) is 0. The van der Waals surface area contributed by atoms with Crippen LogP contribution in [-0.2, 0) is 4.74 Å². The van der Waals surface area contributed by atoms with Crippen molar-refractivity contribution in [3.8, 4) is 0 Å². The molecule has 0 aliphatic carbocycles. The molecule has 0 radical (unpaired) electrons. The van der Waals surface area contributed by atoms with Gasteiger partial charge in [-0.1, -0.05) is 0 Å². The fourth-order valence-electron chi connectivity index (χ4n) is 1.59.